The van der Waals surface area contributed by atoms with Gasteiger partial charge in [-0.2, -0.15) is 0 Å². The third-order valence-electron chi connectivity index (χ3n) is 8.65. The molecule has 39 heavy (non-hydrogen) atoms. The molecular formula is C28H22Br2Cl2N2O5. The van der Waals surface area contributed by atoms with Gasteiger partial charge in [-0.25, -0.2) is 0 Å². The average molecular weight is 697 g/mol. The topological polar surface area (TPSA) is 95.0 Å². The van der Waals surface area contributed by atoms with Gasteiger partial charge in [-0.15, -0.1) is 23.2 Å². The molecule has 0 bridgehead atoms. The predicted octanol–water partition coefficient (Wildman–Crippen LogP) is 5.38. The molecule has 0 radical (unpaired) electrons. The number of allylic oxidation sites excluding steroid dienone is 2. The first kappa shape index (κ1) is 27.0. The van der Waals surface area contributed by atoms with Gasteiger partial charge in [0.2, 0.25) is 11.8 Å². The first-order valence-corrected chi connectivity index (χ1v) is 15.1. The largest absolute Gasteiger partial charge is 0.508 e. The minimum atomic E-state index is -1.87. The Balaban J connectivity index is 1.52. The van der Waals surface area contributed by atoms with Gasteiger partial charge in [-0.05, 0) is 67.1 Å². The van der Waals surface area contributed by atoms with E-state index in [1.54, 1.807) is 43.3 Å². The molecular weight excluding hydrogens is 675 g/mol. The van der Waals surface area contributed by atoms with Crippen LogP contribution in [0.4, 0.5) is 5.69 Å². The highest BCUT2D eigenvalue weighted by Crippen LogP contribution is 2.65. The highest BCUT2D eigenvalue weighted by Gasteiger charge is 2.76. The Labute approximate surface area is 251 Å². The van der Waals surface area contributed by atoms with Crippen molar-refractivity contribution < 1.29 is 24.3 Å². The number of carbonyl (C=O) groups excluding carboxylic acids is 4. The molecule has 3 fully saturated rings. The number of nitrogens with zero attached hydrogens (tertiary/aromatic N) is 2. The fraction of sp³-hybridized carbons (Fsp3) is 0.357. The van der Waals surface area contributed by atoms with Crippen molar-refractivity contribution in [3.63, 3.8) is 0 Å². The number of anilines is 1. The summed E-state index contributed by atoms with van der Waals surface area (Å²) in [7, 11) is 0. The number of alkyl halides is 3. The summed E-state index contributed by atoms with van der Waals surface area (Å²) >= 11 is 21.0. The van der Waals surface area contributed by atoms with Gasteiger partial charge in [0, 0.05) is 10.4 Å². The van der Waals surface area contributed by atoms with E-state index < -0.39 is 45.2 Å². The number of likely N-dealkylation sites (tertiary alicyclic amines) is 1. The Kier molecular flexibility index (Phi) is 6.34. The van der Waals surface area contributed by atoms with Crippen molar-refractivity contribution in [2.45, 2.75) is 35.4 Å². The zero-order valence-electron chi connectivity index (χ0n) is 20.5. The molecule has 2 aliphatic heterocycles. The first-order chi connectivity index (χ1) is 18.5. The number of imide groups is 2. The van der Waals surface area contributed by atoms with Crippen molar-refractivity contribution >= 4 is 84.4 Å². The summed E-state index contributed by atoms with van der Waals surface area (Å²) in [5.74, 6) is -4.70. The highest BCUT2D eigenvalue weighted by atomic mass is 79.9. The van der Waals surface area contributed by atoms with Crippen LogP contribution in [0.2, 0.25) is 0 Å². The van der Waals surface area contributed by atoms with Crippen molar-refractivity contribution in [2.24, 2.45) is 17.8 Å². The molecule has 0 aromatic heterocycles. The van der Waals surface area contributed by atoms with Crippen molar-refractivity contribution in [3.05, 3.63) is 69.7 Å². The monoisotopic (exact) mass is 694 g/mol. The number of phenolic OH excluding ortho intramolecular Hbond substituents is 1. The van der Waals surface area contributed by atoms with E-state index in [0.717, 1.165) is 9.37 Å². The molecule has 2 aromatic rings. The van der Waals surface area contributed by atoms with Gasteiger partial charge in [0.25, 0.3) is 11.8 Å². The van der Waals surface area contributed by atoms with Crippen molar-refractivity contribution in [2.75, 3.05) is 10.4 Å². The summed E-state index contributed by atoms with van der Waals surface area (Å²) in [5, 5.41) is 10.2. The predicted molar refractivity (Wildman–Crippen MR) is 153 cm³/mol. The van der Waals surface area contributed by atoms with Gasteiger partial charge in [0.15, 0.2) is 9.75 Å². The van der Waals surface area contributed by atoms with Crippen LogP contribution in [0.25, 0.3) is 0 Å². The summed E-state index contributed by atoms with van der Waals surface area (Å²) in [6.45, 7) is 1.72. The van der Waals surface area contributed by atoms with Crippen molar-refractivity contribution in [1.29, 1.82) is 0 Å². The molecule has 1 N–H and O–H groups in total. The minimum Gasteiger partial charge on any atom is -0.508 e. The van der Waals surface area contributed by atoms with Crippen LogP contribution < -0.4 is 4.90 Å². The van der Waals surface area contributed by atoms with E-state index in [1.807, 2.05) is 6.08 Å². The summed E-state index contributed by atoms with van der Waals surface area (Å²) in [6.07, 6.45) is 2.11. The lowest BCUT2D eigenvalue weighted by Gasteiger charge is -2.50. The molecule has 2 aliphatic carbocycles. The molecule has 0 spiro atoms. The molecule has 202 valence electrons. The van der Waals surface area contributed by atoms with Crippen LogP contribution in [0, 0.1) is 24.7 Å². The lowest BCUT2D eigenvalue weighted by Crippen LogP contribution is -2.60. The number of benzene rings is 2. The third-order valence-corrected chi connectivity index (χ3v) is 11.1. The zero-order chi connectivity index (χ0) is 28.0. The van der Waals surface area contributed by atoms with E-state index in [1.165, 1.54) is 11.0 Å². The molecule has 11 heteroatoms. The van der Waals surface area contributed by atoms with Crippen molar-refractivity contribution in [3.8, 4) is 5.75 Å². The minimum absolute atomic E-state index is 0.0696. The van der Waals surface area contributed by atoms with Gasteiger partial charge < -0.3 is 5.11 Å². The normalized spacial score (nSPS) is 33.7. The number of aromatic hydroxyl groups is 1. The second-order valence-corrected chi connectivity index (χ2v) is 13.2. The lowest BCUT2D eigenvalue weighted by molar-refractivity contribution is -0.138. The van der Waals surface area contributed by atoms with Crippen LogP contribution in [-0.4, -0.2) is 48.8 Å². The Morgan fingerprint density at radius 1 is 1.00 bits per heavy atom. The number of hydrogen-bond donors (Lipinski definition) is 1. The Hall–Kier alpha value is -2.20. The van der Waals surface area contributed by atoms with Crippen LogP contribution in [0.1, 0.15) is 29.9 Å². The van der Waals surface area contributed by atoms with E-state index in [-0.39, 0.29) is 35.9 Å². The molecule has 2 heterocycles. The van der Waals surface area contributed by atoms with E-state index in [2.05, 4.69) is 31.9 Å². The molecule has 7 nitrogen and oxygen atoms in total. The Morgan fingerprint density at radius 2 is 1.69 bits per heavy atom. The summed E-state index contributed by atoms with van der Waals surface area (Å²) < 4.78 is 0.814. The van der Waals surface area contributed by atoms with E-state index in [0.29, 0.717) is 22.4 Å². The van der Waals surface area contributed by atoms with Gasteiger partial charge in [0.05, 0.1) is 23.0 Å². The quantitative estimate of drug-likeness (QED) is 0.201. The van der Waals surface area contributed by atoms with Gasteiger partial charge >= 0.3 is 0 Å². The number of fused-ring (bicyclic) bond motifs is 4. The van der Waals surface area contributed by atoms with Crippen LogP contribution in [0.15, 0.2) is 58.6 Å². The maximum Gasteiger partial charge on any atom is 0.254 e. The number of rotatable bonds is 3. The second kappa shape index (κ2) is 9.16. The number of hydrogen-bond acceptors (Lipinski definition) is 5. The highest BCUT2D eigenvalue weighted by molar-refractivity contribution is 9.10. The third kappa shape index (κ3) is 3.52. The first-order valence-electron chi connectivity index (χ1n) is 12.4. The van der Waals surface area contributed by atoms with Gasteiger partial charge in [0.1, 0.15) is 5.75 Å². The SMILES string of the molecule is Cc1cc(C2C3=CCC4C(=O)N(c5ccc(Br)cc5)C(=O)C4C3CC3(Cl)C(=O)N(CBr)C(=O)C23Cl)ccc1O. The maximum atomic E-state index is 14.0. The molecule has 2 saturated heterocycles. The number of aryl methyl sites for hydroxylation is 1. The van der Waals surface area contributed by atoms with E-state index >= 15 is 0 Å². The standard InChI is InChI=1S/C28H22Br2Cl2N2O5/c1-13-10-14(2-9-20(13)35)22-17-7-8-18-21(24(37)34(23(18)36)16-5-3-15(30)4-6-16)19(17)11-27(31)25(38)33(12-29)26(39)28(22,27)32/h2-7,9-10,18-19,21-22,35H,8,11-12H2,1H3. The number of phenols is 1. The number of halogens is 4. The van der Waals surface area contributed by atoms with E-state index in [4.69, 9.17) is 23.2 Å². The smallest absolute Gasteiger partial charge is 0.254 e. The van der Waals surface area contributed by atoms with Crippen LogP contribution >= 0.6 is 55.1 Å². The van der Waals surface area contributed by atoms with Crippen molar-refractivity contribution in [1.82, 2.24) is 4.90 Å². The summed E-state index contributed by atoms with van der Waals surface area (Å²) in [4.78, 5) is 53.5. The molecule has 6 rings (SSSR count). The molecule has 6 unspecified atom stereocenters. The molecule has 4 aliphatic rings. The second-order valence-electron chi connectivity index (χ2n) is 10.5. The zero-order valence-corrected chi connectivity index (χ0v) is 25.2. The molecule has 2 aromatic carbocycles. The number of amides is 4. The maximum absolute atomic E-state index is 14.0. The lowest BCUT2D eigenvalue weighted by atomic mass is 9.56. The fourth-order valence-corrected chi connectivity index (χ4v) is 8.52. The van der Waals surface area contributed by atoms with Crippen LogP contribution in [0.5, 0.6) is 5.75 Å². The average Bonchev–Trinajstić information content (AvgIpc) is 3.24. The Bertz CT molecular complexity index is 1500. The number of carbonyl (C=O) groups is 4. The molecule has 6 atom stereocenters. The van der Waals surface area contributed by atoms with E-state index in [9.17, 15) is 24.3 Å². The van der Waals surface area contributed by atoms with Crippen LogP contribution in [0.3, 0.4) is 0 Å². The molecule has 1 saturated carbocycles. The van der Waals surface area contributed by atoms with Gasteiger partial charge in [-0.3, -0.25) is 29.0 Å². The fourth-order valence-electron chi connectivity index (χ4n) is 6.83. The summed E-state index contributed by atoms with van der Waals surface area (Å²) in [6, 6.07) is 11.8. The summed E-state index contributed by atoms with van der Waals surface area (Å²) in [5.41, 5.74) is 2.25. The molecule has 4 amide bonds. The van der Waals surface area contributed by atoms with Gasteiger partial charge in [-0.1, -0.05) is 55.6 Å². The van der Waals surface area contributed by atoms with Crippen LogP contribution in [-0.2, 0) is 19.2 Å². The Morgan fingerprint density at radius 3 is 2.33 bits per heavy atom.